The van der Waals surface area contributed by atoms with E-state index in [9.17, 15) is 18.4 Å². The average Bonchev–Trinajstić information content (AvgIpc) is 2.98. The predicted molar refractivity (Wildman–Crippen MR) is 102 cm³/mol. The summed E-state index contributed by atoms with van der Waals surface area (Å²) in [5, 5.41) is 6.59. The summed E-state index contributed by atoms with van der Waals surface area (Å²) in [6, 6.07) is 12.9. The first kappa shape index (κ1) is 18.5. The van der Waals surface area contributed by atoms with E-state index in [4.69, 9.17) is 0 Å². The topological polar surface area (TPSA) is 81.3 Å². The van der Waals surface area contributed by atoms with E-state index in [2.05, 4.69) is 15.4 Å². The van der Waals surface area contributed by atoms with Gasteiger partial charge in [-0.3, -0.25) is 4.79 Å². The molecule has 4 aromatic rings. The fourth-order valence-electron chi connectivity index (χ4n) is 2.94. The van der Waals surface area contributed by atoms with Crippen LogP contribution in [-0.2, 0) is 11.3 Å². The van der Waals surface area contributed by atoms with Gasteiger partial charge >= 0.3 is 5.69 Å². The number of hydrogen-bond donors (Lipinski definition) is 1. The molecule has 2 aromatic carbocycles. The van der Waals surface area contributed by atoms with E-state index in [0.29, 0.717) is 16.9 Å². The van der Waals surface area contributed by atoms with Gasteiger partial charge in [0.05, 0.1) is 5.69 Å². The van der Waals surface area contributed by atoms with Gasteiger partial charge in [0.1, 0.15) is 24.0 Å². The van der Waals surface area contributed by atoms with Gasteiger partial charge < -0.3 is 5.32 Å². The number of halogens is 2. The number of benzene rings is 2. The third-order valence-corrected chi connectivity index (χ3v) is 4.24. The van der Waals surface area contributed by atoms with Crippen LogP contribution in [0.4, 0.5) is 14.5 Å². The molecule has 146 valence electrons. The highest BCUT2D eigenvalue weighted by Gasteiger charge is 2.17. The fraction of sp³-hybridized carbons (Fsp3) is 0.100. The molecule has 0 radical (unpaired) electrons. The molecule has 0 bridgehead atoms. The third kappa shape index (κ3) is 3.62. The van der Waals surface area contributed by atoms with Crippen LogP contribution in [0, 0.1) is 18.6 Å². The third-order valence-electron chi connectivity index (χ3n) is 4.24. The second-order valence-corrected chi connectivity index (χ2v) is 6.39. The number of hydrogen-bond acceptors (Lipinski definition) is 4. The SMILES string of the molecule is Cc1cc2nn(CC(=O)Nc3ccccc3F)c(=O)n2c(-c2ccc(F)cc2)n1. The number of para-hydroxylation sites is 1. The molecule has 0 aliphatic rings. The van der Waals surface area contributed by atoms with Gasteiger partial charge in [-0.05, 0) is 43.3 Å². The zero-order chi connectivity index (χ0) is 20.5. The van der Waals surface area contributed by atoms with Crippen LogP contribution >= 0.6 is 0 Å². The highest BCUT2D eigenvalue weighted by atomic mass is 19.1. The highest BCUT2D eigenvalue weighted by Crippen LogP contribution is 2.18. The molecule has 0 unspecified atom stereocenters. The van der Waals surface area contributed by atoms with E-state index in [0.717, 1.165) is 4.68 Å². The number of anilines is 1. The van der Waals surface area contributed by atoms with Gasteiger partial charge in [-0.15, -0.1) is 5.10 Å². The van der Waals surface area contributed by atoms with Crippen molar-refractivity contribution < 1.29 is 13.6 Å². The molecule has 29 heavy (non-hydrogen) atoms. The van der Waals surface area contributed by atoms with Gasteiger partial charge in [0.15, 0.2) is 5.65 Å². The van der Waals surface area contributed by atoms with Crippen molar-refractivity contribution in [3.63, 3.8) is 0 Å². The maximum Gasteiger partial charge on any atom is 0.352 e. The smallest absolute Gasteiger partial charge is 0.322 e. The van der Waals surface area contributed by atoms with Crippen molar-refractivity contribution in [2.75, 3.05) is 5.32 Å². The van der Waals surface area contributed by atoms with E-state index in [1.807, 2.05) is 0 Å². The monoisotopic (exact) mass is 395 g/mol. The molecule has 2 aromatic heterocycles. The minimum Gasteiger partial charge on any atom is -0.322 e. The molecule has 2 heterocycles. The van der Waals surface area contributed by atoms with Crippen LogP contribution in [0.1, 0.15) is 5.69 Å². The lowest BCUT2D eigenvalue weighted by atomic mass is 10.2. The standard InChI is InChI=1S/C20H15F2N5O2/c1-12-10-17-25-26(11-18(28)24-16-5-3-2-4-15(16)22)20(29)27(17)19(23-12)13-6-8-14(21)9-7-13/h2-10H,11H2,1H3,(H,24,28). The van der Waals surface area contributed by atoms with Crippen LogP contribution < -0.4 is 11.0 Å². The molecule has 0 fully saturated rings. The van der Waals surface area contributed by atoms with Crippen molar-refractivity contribution in [2.24, 2.45) is 0 Å². The summed E-state index contributed by atoms with van der Waals surface area (Å²) < 4.78 is 29.2. The van der Waals surface area contributed by atoms with Crippen molar-refractivity contribution >= 4 is 17.2 Å². The normalized spacial score (nSPS) is 11.0. The molecule has 9 heteroatoms. The van der Waals surface area contributed by atoms with E-state index in [1.54, 1.807) is 19.1 Å². The van der Waals surface area contributed by atoms with Crippen LogP contribution in [-0.4, -0.2) is 25.1 Å². The van der Waals surface area contributed by atoms with Gasteiger partial charge in [-0.1, -0.05) is 12.1 Å². The number of fused-ring (bicyclic) bond motifs is 1. The predicted octanol–water partition coefficient (Wildman–Crippen LogP) is 2.78. The lowest BCUT2D eigenvalue weighted by molar-refractivity contribution is -0.117. The first-order valence-corrected chi connectivity index (χ1v) is 8.70. The van der Waals surface area contributed by atoms with Crippen molar-refractivity contribution in [3.05, 3.63) is 82.4 Å². The van der Waals surface area contributed by atoms with Crippen molar-refractivity contribution in [1.82, 2.24) is 19.2 Å². The summed E-state index contributed by atoms with van der Waals surface area (Å²) in [4.78, 5) is 29.5. The molecule has 0 saturated carbocycles. The molecular formula is C20H15F2N5O2. The Kier molecular flexibility index (Phi) is 4.63. The van der Waals surface area contributed by atoms with Gasteiger partial charge in [-0.25, -0.2) is 27.6 Å². The molecule has 0 spiro atoms. The Labute approximate surface area is 163 Å². The van der Waals surface area contributed by atoms with Crippen LogP contribution in [0.3, 0.4) is 0 Å². The van der Waals surface area contributed by atoms with Crippen molar-refractivity contribution in [1.29, 1.82) is 0 Å². The highest BCUT2D eigenvalue weighted by molar-refractivity contribution is 5.90. The maximum atomic E-state index is 13.7. The lowest BCUT2D eigenvalue weighted by Gasteiger charge is -2.05. The molecule has 0 atom stereocenters. The Bertz CT molecular complexity index is 1280. The first-order valence-electron chi connectivity index (χ1n) is 8.70. The Hall–Kier alpha value is -3.88. The Morgan fingerprint density at radius 1 is 1.10 bits per heavy atom. The van der Waals surface area contributed by atoms with Crippen LogP contribution in [0.25, 0.3) is 17.0 Å². The number of nitrogens with zero attached hydrogens (tertiary/aromatic N) is 4. The number of carbonyl (C=O) groups is 1. The minimum atomic E-state index is -0.603. The van der Waals surface area contributed by atoms with Crippen LogP contribution in [0.2, 0.25) is 0 Å². The lowest BCUT2D eigenvalue weighted by Crippen LogP contribution is -2.29. The van der Waals surface area contributed by atoms with E-state index in [1.165, 1.54) is 46.9 Å². The Balaban J connectivity index is 1.72. The van der Waals surface area contributed by atoms with Crippen molar-refractivity contribution in [2.45, 2.75) is 13.5 Å². The molecule has 7 nitrogen and oxygen atoms in total. The number of amides is 1. The van der Waals surface area contributed by atoms with E-state index in [-0.39, 0.29) is 11.5 Å². The van der Waals surface area contributed by atoms with Crippen LogP contribution in [0.5, 0.6) is 0 Å². The zero-order valence-electron chi connectivity index (χ0n) is 15.3. The van der Waals surface area contributed by atoms with Crippen LogP contribution in [0.15, 0.2) is 59.4 Å². The van der Waals surface area contributed by atoms with Gasteiger partial charge in [0, 0.05) is 17.3 Å². The quantitative estimate of drug-likeness (QED) is 0.576. The Morgan fingerprint density at radius 2 is 1.83 bits per heavy atom. The molecule has 1 amide bonds. The van der Waals surface area contributed by atoms with E-state index >= 15 is 0 Å². The molecule has 0 aliphatic heterocycles. The summed E-state index contributed by atoms with van der Waals surface area (Å²) in [6.45, 7) is 1.33. The first-order chi connectivity index (χ1) is 13.9. The summed E-state index contributed by atoms with van der Waals surface area (Å²) in [5.74, 6) is -1.31. The number of aromatic nitrogens is 4. The number of aryl methyl sites for hydroxylation is 1. The summed E-state index contributed by atoms with van der Waals surface area (Å²) >= 11 is 0. The zero-order valence-corrected chi connectivity index (χ0v) is 15.3. The number of carbonyl (C=O) groups excluding carboxylic acids is 1. The largest absolute Gasteiger partial charge is 0.352 e. The number of rotatable bonds is 4. The van der Waals surface area contributed by atoms with E-state index < -0.39 is 29.8 Å². The molecule has 1 N–H and O–H groups in total. The molecular weight excluding hydrogens is 380 g/mol. The summed E-state index contributed by atoms with van der Waals surface area (Å²) in [5.41, 5.74) is 0.845. The van der Waals surface area contributed by atoms with Gasteiger partial charge in [-0.2, -0.15) is 0 Å². The van der Waals surface area contributed by atoms with Crippen molar-refractivity contribution in [3.8, 4) is 11.4 Å². The van der Waals surface area contributed by atoms with Gasteiger partial charge in [0.2, 0.25) is 5.91 Å². The minimum absolute atomic E-state index is 0.0128. The second kappa shape index (κ2) is 7.27. The molecule has 0 aliphatic carbocycles. The summed E-state index contributed by atoms with van der Waals surface area (Å²) in [7, 11) is 0. The number of nitrogens with one attached hydrogen (secondary N) is 1. The average molecular weight is 395 g/mol. The second-order valence-electron chi connectivity index (χ2n) is 6.39. The van der Waals surface area contributed by atoms with Gasteiger partial charge in [0.25, 0.3) is 0 Å². The summed E-state index contributed by atoms with van der Waals surface area (Å²) in [6.07, 6.45) is 0. The Morgan fingerprint density at radius 3 is 2.55 bits per heavy atom. The molecule has 0 saturated heterocycles. The maximum absolute atomic E-state index is 13.7. The fourth-order valence-corrected chi connectivity index (χ4v) is 2.94. The molecule has 4 rings (SSSR count).